The van der Waals surface area contributed by atoms with Crippen molar-refractivity contribution in [2.24, 2.45) is 7.05 Å². The number of aryl methyl sites for hydroxylation is 1. The number of hydrogen-bond acceptors (Lipinski definition) is 2. The summed E-state index contributed by atoms with van der Waals surface area (Å²) in [4.78, 5) is 2.24. The summed E-state index contributed by atoms with van der Waals surface area (Å²) in [7, 11) is 4.06. The van der Waals surface area contributed by atoms with Gasteiger partial charge in [0.15, 0.2) is 0 Å². The number of likely N-dealkylation sites (N-methyl/N-ethyl adjacent to an activating group) is 1. The lowest BCUT2D eigenvalue weighted by Gasteiger charge is -2.17. The van der Waals surface area contributed by atoms with Crippen molar-refractivity contribution in [1.29, 1.82) is 0 Å². The zero-order chi connectivity index (χ0) is 10.6. The van der Waals surface area contributed by atoms with Crippen molar-refractivity contribution in [1.82, 2.24) is 14.7 Å². The van der Waals surface area contributed by atoms with E-state index in [2.05, 4.69) is 23.1 Å². The zero-order valence-corrected chi connectivity index (χ0v) is 9.83. The van der Waals surface area contributed by atoms with Crippen LogP contribution in [0.1, 0.15) is 12.6 Å². The van der Waals surface area contributed by atoms with E-state index in [4.69, 9.17) is 11.6 Å². The van der Waals surface area contributed by atoms with E-state index >= 15 is 0 Å². The highest BCUT2D eigenvalue weighted by molar-refractivity contribution is 6.20. The second-order valence-electron chi connectivity index (χ2n) is 3.74. The normalized spacial score (nSPS) is 13.5. The molecule has 0 N–H and O–H groups in total. The fourth-order valence-corrected chi connectivity index (χ4v) is 1.71. The second-order valence-corrected chi connectivity index (χ2v) is 4.48. The summed E-state index contributed by atoms with van der Waals surface area (Å²) < 4.78 is 1.91. The Labute approximate surface area is 90.7 Å². The maximum absolute atomic E-state index is 5.91. The van der Waals surface area contributed by atoms with E-state index in [0.29, 0.717) is 0 Å². The maximum atomic E-state index is 5.91. The van der Waals surface area contributed by atoms with Gasteiger partial charge in [0.05, 0.1) is 0 Å². The third-order valence-corrected chi connectivity index (χ3v) is 2.37. The summed E-state index contributed by atoms with van der Waals surface area (Å²) in [6, 6.07) is 2.05. The topological polar surface area (TPSA) is 21.1 Å². The molecule has 0 aliphatic carbocycles. The molecule has 80 valence electrons. The number of alkyl halides is 1. The molecule has 0 amide bonds. The van der Waals surface area contributed by atoms with Crippen LogP contribution >= 0.6 is 11.6 Å². The lowest BCUT2D eigenvalue weighted by molar-refractivity contribution is 0.338. The Hall–Kier alpha value is -0.540. The van der Waals surface area contributed by atoms with Crippen molar-refractivity contribution in [2.75, 3.05) is 20.1 Å². The highest BCUT2D eigenvalue weighted by Crippen LogP contribution is 2.01. The van der Waals surface area contributed by atoms with Gasteiger partial charge in [-0.25, -0.2) is 0 Å². The maximum Gasteiger partial charge on any atom is 0.0492 e. The standard InChI is InChI=1S/C10H18ClN3/c1-9(11)8-13(2)7-5-10-4-6-12-14(10)3/h4,6,9H,5,7-8H2,1-3H3. The fourth-order valence-electron chi connectivity index (χ4n) is 1.47. The van der Waals surface area contributed by atoms with Crippen molar-refractivity contribution >= 4 is 11.6 Å². The Morgan fingerprint density at radius 1 is 1.64 bits per heavy atom. The molecule has 1 heterocycles. The van der Waals surface area contributed by atoms with Crippen LogP contribution in [0, 0.1) is 0 Å². The van der Waals surface area contributed by atoms with Crippen molar-refractivity contribution in [3.8, 4) is 0 Å². The number of hydrogen-bond donors (Lipinski definition) is 0. The van der Waals surface area contributed by atoms with Gasteiger partial charge in [0.1, 0.15) is 0 Å². The van der Waals surface area contributed by atoms with E-state index in [1.54, 1.807) is 0 Å². The van der Waals surface area contributed by atoms with Crippen LogP contribution in [0.15, 0.2) is 12.3 Å². The van der Waals surface area contributed by atoms with E-state index in [9.17, 15) is 0 Å². The second kappa shape index (κ2) is 5.37. The molecule has 3 nitrogen and oxygen atoms in total. The number of aromatic nitrogens is 2. The van der Waals surface area contributed by atoms with Gasteiger partial charge in [-0.2, -0.15) is 5.10 Å². The molecule has 0 aromatic carbocycles. The summed E-state index contributed by atoms with van der Waals surface area (Å²) in [5.74, 6) is 0. The van der Waals surface area contributed by atoms with Gasteiger partial charge in [-0.05, 0) is 20.0 Å². The largest absolute Gasteiger partial charge is 0.305 e. The van der Waals surface area contributed by atoms with Crippen molar-refractivity contribution < 1.29 is 0 Å². The summed E-state index contributed by atoms with van der Waals surface area (Å²) in [5.41, 5.74) is 1.26. The Bertz CT molecular complexity index is 270. The first-order valence-corrected chi connectivity index (χ1v) is 5.32. The lowest BCUT2D eigenvalue weighted by atomic mass is 10.3. The van der Waals surface area contributed by atoms with Crippen LogP contribution in [0.4, 0.5) is 0 Å². The van der Waals surface area contributed by atoms with Gasteiger partial charge >= 0.3 is 0 Å². The summed E-state index contributed by atoms with van der Waals surface area (Å²) in [5, 5.41) is 4.34. The molecule has 1 aromatic rings. The molecule has 0 aliphatic rings. The van der Waals surface area contributed by atoms with E-state index in [0.717, 1.165) is 19.5 Å². The first-order chi connectivity index (χ1) is 6.59. The molecule has 0 aliphatic heterocycles. The number of nitrogens with zero attached hydrogens (tertiary/aromatic N) is 3. The Balaban J connectivity index is 2.30. The molecule has 1 rings (SSSR count). The predicted molar refractivity (Wildman–Crippen MR) is 59.7 cm³/mol. The molecule has 0 saturated carbocycles. The fraction of sp³-hybridized carbons (Fsp3) is 0.700. The smallest absolute Gasteiger partial charge is 0.0492 e. The lowest BCUT2D eigenvalue weighted by Crippen LogP contribution is -2.27. The Morgan fingerprint density at radius 2 is 2.36 bits per heavy atom. The molecule has 0 bridgehead atoms. The first kappa shape index (κ1) is 11.5. The molecule has 4 heteroatoms. The molecular formula is C10H18ClN3. The van der Waals surface area contributed by atoms with Crippen LogP contribution in [-0.2, 0) is 13.5 Å². The number of halogens is 1. The monoisotopic (exact) mass is 215 g/mol. The van der Waals surface area contributed by atoms with E-state index < -0.39 is 0 Å². The predicted octanol–water partition coefficient (Wildman–Crippen LogP) is 1.52. The van der Waals surface area contributed by atoms with E-state index in [1.165, 1.54) is 5.69 Å². The zero-order valence-electron chi connectivity index (χ0n) is 9.07. The summed E-state index contributed by atoms with van der Waals surface area (Å²) in [6.07, 6.45) is 2.86. The minimum atomic E-state index is 0.214. The van der Waals surface area contributed by atoms with Gasteiger partial charge in [-0.3, -0.25) is 4.68 Å². The van der Waals surface area contributed by atoms with Gasteiger partial charge in [0.25, 0.3) is 0 Å². The average molecular weight is 216 g/mol. The van der Waals surface area contributed by atoms with Crippen LogP contribution in [0.2, 0.25) is 0 Å². The minimum Gasteiger partial charge on any atom is -0.305 e. The molecule has 0 spiro atoms. The van der Waals surface area contributed by atoms with Gasteiger partial charge in [0, 0.05) is 43.8 Å². The third-order valence-electron chi connectivity index (χ3n) is 2.24. The molecule has 1 aromatic heterocycles. The van der Waals surface area contributed by atoms with Crippen LogP contribution < -0.4 is 0 Å². The van der Waals surface area contributed by atoms with Gasteiger partial charge < -0.3 is 4.90 Å². The van der Waals surface area contributed by atoms with Crippen LogP contribution in [0.25, 0.3) is 0 Å². The highest BCUT2D eigenvalue weighted by Gasteiger charge is 2.04. The summed E-state index contributed by atoms with van der Waals surface area (Å²) >= 11 is 5.91. The average Bonchev–Trinajstić information content (AvgIpc) is 2.46. The Morgan fingerprint density at radius 3 is 2.86 bits per heavy atom. The van der Waals surface area contributed by atoms with Gasteiger partial charge in [-0.15, -0.1) is 11.6 Å². The van der Waals surface area contributed by atoms with E-state index in [1.807, 2.05) is 24.9 Å². The number of rotatable bonds is 5. The van der Waals surface area contributed by atoms with Crippen molar-refractivity contribution in [2.45, 2.75) is 18.7 Å². The third kappa shape index (κ3) is 3.68. The summed E-state index contributed by atoms with van der Waals surface area (Å²) in [6.45, 7) is 3.97. The van der Waals surface area contributed by atoms with Gasteiger partial charge in [0.2, 0.25) is 0 Å². The van der Waals surface area contributed by atoms with Gasteiger partial charge in [-0.1, -0.05) is 0 Å². The van der Waals surface area contributed by atoms with Crippen LogP contribution in [-0.4, -0.2) is 40.2 Å². The van der Waals surface area contributed by atoms with Crippen LogP contribution in [0.3, 0.4) is 0 Å². The molecule has 0 fully saturated rings. The van der Waals surface area contributed by atoms with Crippen molar-refractivity contribution in [3.05, 3.63) is 18.0 Å². The molecule has 0 radical (unpaired) electrons. The first-order valence-electron chi connectivity index (χ1n) is 4.89. The minimum absolute atomic E-state index is 0.214. The Kier molecular flexibility index (Phi) is 4.42. The molecular weight excluding hydrogens is 198 g/mol. The molecule has 1 unspecified atom stereocenters. The SMILES string of the molecule is CC(Cl)CN(C)CCc1ccnn1C. The highest BCUT2D eigenvalue weighted by atomic mass is 35.5. The molecule has 14 heavy (non-hydrogen) atoms. The van der Waals surface area contributed by atoms with Crippen LogP contribution in [0.5, 0.6) is 0 Å². The quantitative estimate of drug-likeness (QED) is 0.695. The van der Waals surface area contributed by atoms with Crippen molar-refractivity contribution in [3.63, 3.8) is 0 Å². The molecule has 1 atom stereocenters. The van der Waals surface area contributed by atoms with E-state index in [-0.39, 0.29) is 5.38 Å². The molecule has 0 saturated heterocycles.